The molecule has 2 rings (SSSR count). The number of hydrogen-bond acceptors (Lipinski definition) is 5. The highest BCUT2D eigenvalue weighted by molar-refractivity contribution is 5.95. The van der Waals surface area contributed by atoms with E-state index in [1.165, 1.54) is 31.2 Å². The molecule has 0 saturated heterocycles. The number of carbonyl (C=O) groups excluding carboxylic acids is 2. The Kier molecular flexibility index (Phi) is 6.43. The van der Waals surface area contributed by atoms with Gasteiger partial charge in [-0.1, -0.05) is 43.3 Å². The van der Waals surface area contributed by atoms with Crippen molar-refractivity contribution in [2.45, 2.75) is 32.3 Å². The lowest BCUT2D eigenvalue weighted by atomic mass is 9.97. The Bertz CT molecular complexity index is 792. The third-order valence-electron chi connectivity index (χ3n) is 3.88. The number of nitro benzene ring substituents is 1. The lowest BCUT2D eigenvalue weighted by Crippen LogP contribution is -2.31. The Morgan fingerprint density at radius 2 is 1.85 bits per heavy atom. The third kappa shape index (κ3) is 4.89. The van der Waals surface area contributed by atoms with E-state index in [9.17, 15) is 19.7 Å². The number of ether oxygens (including phenoxy) is 1. The zero-order chi connectivity index (χ0) is 19.1. The first-order chi connectivity index (χ1) is 12.4. The van der Waals surface area contributed by atoms with Crippen LogP contribution >= 0.6 is 0 Å². The van der Waals surface area contributed by atoms with Gasteiger partial charge >= 0.3 is 5.97 Å². The molecule has 136 valence electrons. The molecule has 1 amide bonds. The minimum absolute atomic E-state index is 0.137. The first-order valence-electron chi connectivity index (χ1n) is 8.23. The fraction of sp³-hybridized carbons (Fsp3) is 0.263. The predicted molar refractivity (Wildman–Crippen MR) is 96.8 cm³/mol. The Balaban J connectivity index is 2.01. The number of amides is 1. The molecule has 2 aromatic carbocycles. The van der Waals surface area contributed by atoms with Gasteiger partial charge in [-0.3, -0.25) is 19.7 Å². The number of esters is 1. The number of benzene rings is 2. The highest BCUT2D eigenvalue weighted by Gasteiger charge is 2.25. The molecular formula is C19H20N2O5. The zero-order valence-electron chi connectivity index (χ0n) is 14.5. The van der Waals surface area contributed by atoms with E-state index in [1.807, 2.05) is 37.3 Å². The number of nitro groups is 1. The van der Waals surface area contributed by atoms with Gasteiger partial charge in [0.1, 0.15) is 0 Å². The number of non-ortho nitro benzene ring substituents is 1. The molecule has 0 aliphatic rings. The maximum atomic E-state index is 12.4. The fourth-order valence-corrected chi connectivity index (χ4v) is 2.47. The van der Waals surface area contributed by atoms with Crippen molar-refractivity contribution in [2.75, 3.05) is 5.32 Å². The van der Waals surface area contributed by atoms with E-state index >= 15 is 0 Å². The third-order valence-corrected chi connectivity index (χ3v) is 3.88. The van der Waals surface area contributed by atoms with Crippen LogP contribution in [0.15, 0.2) is 54.6 Å². The van der Waals surface area contributed by atoms with Crippen molar-refractivity contribution < 1.29 is 19.2 Å². The van der Waals surface area contributed by atoms with E-state index < -0.39 is 28.8 Å². The molecule has 0 fully saturated rings. The lowest BCUT2D eigenvalue weighted by molar-refractivity contribution is -0.384. The summed E-state index contributed by atoms with van der Waals surface area (Å²) >= 11 is 0. The first-order valence-corrected chi connectivity index (χ1v) is 8.23. The molecule has 0 bridgehead atoms. The van der Waals surface area contributed by atoms with Crippen LogP contribution in [0.5, 0.6) is 0 Å². The maximum Gasteiger partial charge on any atom is 0.314 e. The Hall–Kier alpha value is -3.22. The summed E-state index contributed by atoms with van der Waals surface area (Å²) in [4.78, 5) is 34.8. The van der Waals surface area contributed by atoms with Crippen molar-refractivity contribution in [3.05, 3.63) is 70.3 Å². The highest BCUT2D eigenvalue weighted by atomic mass is 16.6. The SMILES string of the molecule is CC[C@H](C(=O)O[C@@H](C)C(=O)Nc1cccc([N+](=O)[O-])c1)c1ccccc1. The second-order valence-electron chi connectivity index (χ2n) is 5.75. The zero-order valence-corrected chi connectivity index (χ0v) is 14.5. The van der Waals surface area contributed by atoms with Gasteiger partial charge in [-0.15, -0.1) is 0 Å². The van der Waals surface area contributed by atoms with Crippen molar-refractivity contribution in [3.8, 4) is 0 Å². The van der Waals surface area contributed by atoms with Crippen molar-refractivity contribution >= 4 is 23.3 Å². The van der Waals surface area contributed by atoms with Crippen LogP contribution in [0.3, 0.4) is 0 Å². The number of nitrogens with zero attached hydrogens (tertiary/aromatic N) is 1. The summed E-state index contributed by atoms with van der Waals surface area (Å²) in [5, 5.41) is 13.3. The minimum atomic E-state index is -1.03. The van der Waals surface area contributed by atoms with Crippen molar-refractivity contribution in [3.63, 3.8) is 0 Å². The van der Waals surface area contributed by atoms with Gasteiger partial charge in [-0.05, 0) is 25.0 Å². The molecule has 7 nitrogen and oxygen atoms in total. The number of rotatable bonds is 7. The monoisotopic (exact) mass is 356 g/mol. The van der Waals surface area contributed by atoms with Gasteiger partial charge in [0, 0.05) is 17.8 Å². The van der Waals surface area contributed by atoms with E-state index in [-0.39, 0.29) is 11.4 Å². The standard InChI is InChI=1S/C19H20N2O5/c1-3-17(14-8-5-4-6-9-14)19(23)26-13(2)18(22)20-15-10-7-11-16(12-15)21(24)25/h4-13,17H,3H2,1-2H3,(H,20,22)/t13-,17-/m0/s1. The summed E-state index contributed by atoms with van der Waals surface area (Å²) in [6, 6.07) is 14.8. The van der Waals surface area contributed by atoms with Gasteiger partial charge in [0.2, 0.25) is 0 Å². The summed E-state index contributed by atoms with van der Waals surface area (Å²) in [5.74, 6) is -1.49. The van der Waals surface area contributed by atoms with Crippen LogP contribution in [0.4, 0.5) is 11.4 Å². The average molecular weight is 356 g/mol. The normalized spacial score (nSPS) is 12.7. The summed E-state index contributed by atoms with van der Waals surface area (Å²) in [6.07, 6.45) is -0.485. The molecule has 0 aliphatic heterocycles. The van der Waals surface area contributed by atoms with Crippen molar-refractivity contribution in [1.82, 2.24) is 0 Å². The van der Waals surface area contributed by atoms with Crippen LogP contribution in [0.25, 0.3) is 0 Å². The molecule has 0 heterocycles. The second kappa shape index (κ2) is 8.75. The van der Waals surface area contributed by atoms with Crippen molar-refractivity contribution in [1.29, 1.82) is 0 Å². The van der Waals surface area contributed by atoms with Crippen LogP contribution in [-0.2, 0) is 14.3 Å². The van der Waals surface area contributed by atoms with Gasteiger partial charge in [0.05, 0.1) is 10.8 Å². The predicted octanol–water partition coefficient (Wildman–Crippen LogP) is 3.66. The summed E-state index contributed by atoms with van der Waals surface area (Å²) in [6.45, 7) is 3.33. The molecule has 0 aromatic heterocycles. The smallest absolute Gasteiger partial charge is 0.314 e. The van der Waals surface area contributed by atoms with Crippen molar-refractivity contribution in [2.24, 2.45) is 0 Å². The van der Waals surface area contributed by atoms with E-state index in [2.05, 4.69) is 5.32 Å². The number of nitrogens with one attached hydrogen (secondary N) is 1. The molecule has 1 N–H and O–H groups in total. The largest absolute Gasteiger partial charge is 0.452 e. The van der Waals surface area contributed by atoms with Gasteiger partial charge in [0.25, 0.3) is 11.6 Å². The highest BCUT2D eigenvalue weighted by Crippen LogP contribution is 2.22. The Morgan fingerprint density at radius 3 is 2.46 bits per heavy atom. The number of carbonyl (C=O) groups is 2. The van der Waals surface area contributed by atoms with Crippen LogP contribution in [0.1, 0.15) is 31.7 Å². The summed E-state index contributed by atoms with van der Waals surface area (Å²) < 4.78 is 5.28. The second-order valence-corrected chi connectivity index (χ2v) is 5.75. The van der Waals surface area contributed by atoms with Gasteiger partial charge in [0.15, 0.2) is 6.10 Å². The van der Waals surface area contributed by atoms with Gasteiger partial charge in [-0.2, -0.15) is 0 Å². The first kappa shape index (κ1) is 19.1. The molecule has 26 heavy (non-hydrogen) atoms. The number of anilines is 1. The van der Waals surface area contributed by atoms with E-state index in [1.54, 1.807) is 0 Å². The van der Waals surface area contributed by atoms with Crippen LogP contribution in [-0.4, -0.2) is 22.9 Å². The van der Waals surface area contributed by atoms with Gasteiger partial charge < -0.3 is 10.1 Å². The quantitative estimate of drug-likeness (QED) is 0.464. The molecule has 2 atom stereocenters. The van der Waals surface area contributed by atoms with E-state index in [4.69, 9.17) is 4.74 Å². The minimum Gasteiger partial charge on any atom is -0.452 e. The summed E-state index contributed by atoms with van der Waals surface area (Å²) in [5.41, 5.74) is 0.955. The lowest BCUT2D eigenvalue weighted by Gasteiger charge is -2.18. The topological polar surface area (TPSA) is 98.5 Å². The van der Waals surface area contributed by atoms with Crippen LogP contribution in [0, 0.1) is 10.1 Å². The Labute approximate surface area is 151 Å². The molecule has 0 unspecified atom stereocenters. The molecule has 0 aliphatic carbocycles. The van der Waals surface area contributed by atoms with Crippen LogP contribution < -0.4 is 5.32 Å². The Morgan fingerprint density at radius 1 is 1.15 bits per heavy atom. The maximum absolute atomic E-state index is 12.4. The van der Waals surface area contributed by atoms with Gasteiger partial charge in [-0.25, -0.2) is 0 Å². The molecule has 0 spiro atoms. The molecule has 7 heteroatoms. The van der Waals surface area contributed by atoms with Crippen LogP contribution in [0.2, 0.25) is 0 Å². The average Bonchev–Trinajstić information content (AvgIpc) is 2.63. The van der Waals surface area contributed by atoms with E-state index in [0.29, 0.717) is 6.42 Å². The molecule has 0 saturated carbocycles. The molecule has 0 radical (unpaired) electrons. The summed E-state index contributed by atoms with van der Waals surface area (Å²) in [7, 11) is 0. The molecular weight excluding hydrogens is 336 g/mol. The number of hydrogen-bond donors (Lipinski definition) is 1. The molecule has 2 aromatic rings. The fourth-order valence-electron chi connectivity index (χ4n) is 2.47. The van der Waals surface area contributed by atoms with E-state index in [0.717, 1.165) is 5.56 Å².